The van der Waals surface area contributed by atoms with E-state index in [-0.39, 0.29) is 11.9 Å². The molecule has 0 aromatic heterocycles. The Morgan fingerprint density at radius 3 is 2.00 bits per heavy atom. The van der Waals surface area contributed by atoms with Crippen molar-refractivity contribution in [2.45, 2.75) is 18.9 Å². The van der Waals surface area contributed by atoms with Gasteiger partial charge in [0.2, 0.25) is 15.9 Å². The molecule has 4 rings (SSSR count). The van der Waals surface area contributed by atoms with E-state index in [1.807, 2.05) is 65.6 Å². The van der Waals surface area contributed by atoms with Gasteiger partial charge in [-0.3, -0.25) is 9.69 Å². The zero-order valence-corrected chi connectivity index (χ0v) is 18.5. The van der Waals surface area contributed by atoms with Crippen molar-refractivity contribution < 1.29 is 13.2 Å². The first-order valence-electron chi connectivity index (χ1n) is 10.9. The van der Waals surface area contributed by atoms with Crippen LogP contribution < -0.4 is 0 Å². The van der Waals surface area contributed by atoms with Gasteiger partial charge in [-0.05, 0) is 30.0 Å². The average molecular weight is 440 g/mol. The molecule has 2 fully saturated rings. The van der Waals surface area contributed by atoms with Gasteiger partial charge in [0.1, 0.15) is 6.04 Å². The summed E-state index contributed by atoms with van der Waals surface area (Å²) in [5.74, 6) is 0.129. The molecule has 2 aliphatic rings. The number of amides is 1. The first kappa shape index (κ1) is 21.7. The summed E-state index contributed by atoms with van der Waals surface area (Å²) in [5.41, 5.74) is 1.82. The molecule has 0 radical (unpaired) electrons. The SMILES string of the molecule is O=C(C(c1ccccc1)N1CCN(S(=O)(=O)C=Cc2ccccc2)CC1)N1CCCC1. The van der Waals surface area contributed by atoms with Crippen molar-refractivity contribution in [3.63, 3.8) is 0 Å². The highest BCUT2D eigenvalue weighted by molar-refractivity contribution is 7.92. The molecule has 2 aromatic rings. The van der Waals surface area contributed by atoms with E-state index in [0.717, 1.165) is 37.1 Å². The fraction of sp³-hybridized carbons (Fsp3) is 0.375. The maximum atomic E-state index is 13.3. The molecule has 1 unspecified atom stereocenters. The van der Waals surface area contributed by atoms with E-state index in [2.05, 4.69) is 4.90 Å². The fourth-order valence-corrected chi connectivity index (χ4v) is 5.46. The van der Waals surface area contributed by atoms with Crippen LogP contribution in [0, 0.1) is 0 Å². The topological polar surface area (TPSA) is 60.9 Å². The molecule has 1 atom stereocenters. The Kier molecular flexibility index (Phi) is 6.85. The van der Waals surface area contributed by atoms with Crippen molar-refractivity contribution in [2.24, 2.45) is 0 Å². The molecule has 31 heavy (non-hydrogen) atoms. The Hall–Kier alpha value is -2.48. The normalized spacial score (nSPS) is 19.7. The summed E-state index contributed by atoms with van der Waals surface area (Å²) in [6, 6.07) is 18.9. The summed E-state index contributed by atoms with van der Waals surface area (Å²) >= 11 is 0. The lowest BCUT2D eigenvalue weighted by molar-refractivity contribution is -0.136. The molecule has 2 aromatic carbocycles. The Labute approximate surface area is 184 Å². The van der Waals surface area contributed by atoms with Gasteiger partial charge in [0, 0.05) is 44.7 Å². The van der Waals surface area contributed by atoms with Crippen LogP contribution in [-0.2, 0) is 14.8 Å². The Balaban J connectivity index is 1.46. The average Bonchev–Trinajstić information content (AvgIpc) is 3.35. The number of rotatable bonds is 6. The molecule has 6 nitrogen and oxygen atoms in total. The first-order chi connectivity index (χ1) is 15.0. The number of nitrogens with zero attached hydrogens (tertiary/aromatic N) is 3. The molecule has 0 spiro atoms. The van der Waals surface area contributed by atoms with Gasteiger partial charge in [-0.2, -0.15) is 4.31 Å². The molecule has 2 aliphatic heterocycles. The van der Waals surface area contributed by atoms with Crippen LogP contribution in [0.1, 0.15) is 30.0 Å². The maximum absolute atomic E-state index is 13.3. The second-order valence-corrected chi connectivity index (χ2v) is 9.86. The number of likely N-dealkylation sites (tertiary alicyclic amines) is 1. The molecule has 2 heterocycles. The highest BCUT2D eigenvalue weighted by atomic mass is 32.2. The van der Waals surface area contributed by atoms with Crippen LogP contribution >= 0.6 is 0 Å². The Bertz CT molecular complexity index is 995. The van der Waals surface area contributed by atoms with Crippen LogP contribution in [0.25, 0.3) is 6.08 Å². The van der Waals surface area contributed by atoms with Gasteiger partial charge in [0.05, 0.1) is 0 Å². The van der Waals surface area contributed by atoms with E-state index in [1.54, 1.807) is 6.08 Å². The number of sulfonamides is 1. The van der Waals surface area contributed by atoms with Gasteiger partial charge in [0.25, 0.3) is 0 Å². The lowest BCUT2D eigenvalue weighted by atomic mass is 10.0. The predicted molar refractivity (Wildman–Crippen MR) is 123 cm³/mol. The minimum absolute atomic E-state index is 0.129. The molecule has 0 saturated carbocycles. The van der Waals surface area contributed by atoms with E-state index < -0.39 is 10.0 Å². The van der Waals surface area contributed by atoms with Crippen molar-refractivity contribution in [3.05, 3.63) is 77.2 Å². The van der Waals surface area contributed by atoms with E-state index in [0.29, 0.717) is 26.2 Å². The minimum Gasteiger partial charge on any atom is -0.341 e. The standard InChI is InChI=1S/C24H29N3O3S/c28-24(26-14-7-8-15-26)23(22-11-5-2-6-12-22)25-16-18-27(19-17-25)31(29,30)20-13-21-9-3-1-4-10-21/h1-6,9-13,20,23H,7-8,14-19H2. The third-order valence-electron chi connectivity index (χ3n) is 6.00. The number of carbonyl (C=O) groups excluding carboxylic acids is 1. The molecule has 0 aliphatic carbocycles. The number of hydrogen-bond donors (Lipinski definition) is 0. The molecule has 164 valence electrons. The summed E-state index contributed by atoms with van der Waals surface area (Å²) in [6.45, 7) is 3.41. The third kappa shape index (κ3) is 5.23. The summed E-state index contributed by atoms with van der Waals surface area (Å²) < 4.78 is 27.1. The quantitative estimate of drug-likeness (QED) is 0.694. The van der Waals surface area contributed by atoms with E-state index in [9.17, 15) is 13.2 Å². The fourth-order valence-electron chi connectivity index (χ4n) is 4.29. The molecule has 7 heteroatoms. The summed E-state index contributed by atoms with van der Waals surface area (Å²) in [5, 5.41) is 1.28. The molecule has 0 N–H and O–H groups in total. The maximum Gasteiger partial charge on any atom is 0.244 e. The van der Waals surface area contributed by atoms with E-state index in [1.165, 1.54) is 9.71 Å². The third-order valence-corrected chi connectivity index (χ3v) is 7.56. The van der Waals surface area contributed by atoms with Gasteiger partial charge in [0.15, 0.2) is 0 Å². The summed E-state index contributed by atoms with van der Waals surface area (Å²) in [7, 11) is -3.50. The van der Waals surface area contributed by atoms with Gasteiger partial charge < -0.3 is 4.90 Å². The second-order valence-electron chi connectivity index (χ2n) is 8.04. The lowest BCUT2D eigenvalue weighted by Crippen LogP contribution is -2.52. The van der Waals surface area contributed by atoms with Crippen LogP contribution in [0.5, 0.6) is 0 Å². The number of piperazine rings is 1. The van der Waals surface area contributed by atoms with Gasteiger partial charge >= 0.3 is 0 Å². The van der Waals surface area contributed by atoms with E-state index >= 15 is 0 Å². The molecule has 2 saturated heterocycles. The highest BCUT2D eigenvalue weighted by Crippen LogP contribution is 2.27. The smallest absolute Gasteiger partial charge is 0.244 e. The van der Waals surface area contributed by atoms with Crippen LogP contribution in [-0.4, -0.2) is 67.7 Å². The zero-order valence-electron chi connectivity index (χ0n) is 17.6. The number of carbonyl (C=O) groups is 1. The molecule has 1 amide bonds. The lowest BCUT2D eigenvalue weighted by Gasteiger charge is -2.39. The Morgan fingerprint density at radius 1 is 0.806 bits per heavy atom. The second kappa shape index (κ2) is 9.77. The van der Waals surface area contributed by atoms with E-state index in [4.69, 9.17) is 0 Å². The van der Waals surface area contributed by atoms with Crippen LogP contribution in [0.4, 0.5) is 0 Å². The monoisotopic (exact) mass is 439 g/mol. The van der Waals surface area contributed by atoms with Crippen molar-refractivity contribution in [1.29, 1.82) is 0 Å². The number of benzene rings is 2. The largest absolute Gasteiger partial charge is 0.341 e. The van der Waals surface area contributed by atoms with Crippen molar-refractivity contribution in [1.82, 2.24) is 14.1 Å². The van der Waals surface area contributed by atoms with Gasteiger partial charge in [-0.25, -0.2) is 8.42 Å². The van der Waals surface area contributed by atoms with Crippen LogP contribution in [0.15, 0.2) is 66.1 Å². The van der Waals surface area contributed by atoms with Crippen LogP contribution in [0.3, 0.4) is 0 Å². The van der Waals surface area contributed by atoms with Crippen molar-refractivity contribution >= 4 is 22.0 Å². The number of hydrogen-bond acceptors (Lipinski definition) is 4. The molecular formula is C24H29N3O3S. The van der Waals surface area contributed by atoms with Crippen molar-refractivity contribution in [3.8, 4) is 0 Å². The van der Waals surface area contributed by atoms with Crippen LogP contribution in [0.2, 0.25) is 0 Å². The molecular weight excluding hydrogens is 410 g/mol. The van der Waals surface area contributed by atoms with Gasteiger partial charge in [-0.15, -0.1) is 0 Å². The summed E-state index contributed by atoms with van der Waals surface area (Å²) in [4.78, 5) is 17.4. The minimum atomic E-state index is -3.50. The van der Waals surface area contributed by atoms with Crippen molar-refractivity contribution in [2.75, 3.05) is 39.3 Å². The van der Waals surface area contributed by atoms with Gasteiger partial charge in [-0.1, -0.05) is 60.7 Å². The predicted octanol–water partition coefficient (Wildman–Crippen LogP) is 2.97. The Morgan fingerprint density at radius 2 is 1.39 bits per heavy atom. The highest BCUT2D eigenvalue weighted by Gasteiger charge is 2.35. The molecule has 0 bridgehead atoms. The zero-order chi connectivity index (χ0) is 21.7. The first-order valence-corrected chi connectivity index (χ1v) is 12.4. The summed E-state index contributed by atoms with van der Waals surface area (Å²) in [6.07, 6.45) is 3.73.